The van der Waals surface area contributed by atoms with Crippen LogP contribution in [0, 0.1) is 6.92 Å². The molecule has 1 heterocycles. The second-order valence-electron chi connectivity index (χ2n) is 6.66. The number of nitrogens with zero attached hydrogens (tertiary/aromatic N) is 1. The molecule has 0 saturated heterocycles. The van der Waals surface area contributed by atoms with Crippen LogP contribution in [-0.2, 0) is 19.8 Å². The number of carbonyl (C=O) groups is 1. The van der Waals surface area contributed by atoms with Gasteiger partial charge in [-0.1, -0.05) is 65.3 Å². The Bertz CT molecular complexity index is 1240. The summed E-state index contributed by atoms with van der Waals surface area (Å²) in [6.45, 7) is 1.87. The summed E-state index contributed by atoms with van der Waals surface area (Å²) in [7, 11) is -3.93. The van der Waals surface area contributed by atoms with Gasteiger partial charge in [0.2, 0.25) is 0 Å². The minimum Gasteiger partial charge on any atom is -0.379 e. The van der Waals surface area contributed by atoms with Crippen LogP contribution in [0.15, 0.2) is 94.5 Å². The molecule has 1 aliphatic heterocycles. The third-order valence-electron chi connectivity index (χ3n) is 4.45. The van der Waals surface area contributed by atoms with Gasteiger partial charge in [0.25, 0.3) is 0 Å². The van der Waals surface area contributed by atoms with Crippen LogP contribution < -0.4 is 4.18 Å². The van der Waals surface area contributed by atoms with Gasteiger partial charge in [0.15, 0.2) is 0 Å². The van der Waals surface area contributed by atoms with Crippen LogP contribution in [0.1, 0.15) is 16.7 Å². The second-order valence-corrected chi connectivity index (χ2v) is 8.21. The zero-order chi connectivity index (χ0) is 21.1. The van der Waals surface area contributed by atoms with E-state index in [-0.39, 0.29) is 10.6 Å². The summed E-state index contributed by atoms with van der Waals surface area (Å²) in [5.41, 5.74) is 3.16. The van der Waals surface area contributed by atoms with Crippen LogP contribution in [0.2, 0.25) is 0 Å². The van der Waals surface area contributed by atoms with Gasteiger partial charge in [0, 0.05) is 5.56 Å². The highest BCUT2D eigenvalue weighted by Gasteiger charge is 2.26. The molecule has 0 N–H and O–H groups in total. The van der Waals surface area contributed by atoms with E-state index in [1.807, 2.05) is 37.3 Å². The van der Waals surface area contributed by atoms with E-state index >= 15 is 0 Å². The molecule has 4 rings (SSSR count). The highest BCUT2D eigenvalue weighted by molar-refractivity contribution is 7.87. The lowest BCUT2D eigenvalue weighted by Gasteiger charge is -2.07. The van der Waals surface area contributed by atoms with Crippen molar-refractivity contribution in [2.45, 2.75) is 11.8 Å². The van der Waals surface area contributed by atoms with Gasteiger partial charge in [0.05, 0.1) is 5.57 Å². The van der Waals surface area contributed by atoms with Gasteiger partial charge in [0.1, 0.15) is 16.4 Å². The molecule has 0 aliphatic carbocycles. The minimum absolute atomic E-state index is 0.0803. The molecule has 3 aromatic rings. The SMILES string of the molecule is Cc1ccc(S(=O)(=O)Oc2ccc(/C=C3\C(=O)ON=C3c3ccccc3)cc2)cc1. The van der Waals surface area contributed by atoms with E-state index in [2.05, 4.69) is 5.16 Å². The van der Waals surface area contributed by atoms with Crippen LogP contribution in [-0.4, -0.2) is 20.1 Å². The van der Waals surface area contributed by atoms with Crippen molar-refractivity contribution in [3.8, 4) is 5.75 Å². The highest BCUT2D eigenvalue weighted by Crippen LogP contribution is 2.23. The molecule has 7 heteroatoms. The molecule has 0 amide bonds. The number of hydrogen-bond acceptors (Lipinski definition) is 6. The van der Waals surface area contributed by atoms with Crippen molar-refractivity contribution in [2.24, 2.45) is 5.16 Å². The molecule has 0 saturated carbocycles. The molecule has 0 bridgehead atoms. The van der Waals surface area contributed by atoms with Gasteiger partial charge >= 0.3 is 16.1 Å². The second kappa shape index (κ2) is 7.96. The van der Waals surface area contributed by atoms with Crippen molar-refractivity contribution in [1.29, 1.82) is 0 Å². The monoisotopic (exact) mass is 419 g/mol. The third kappa shape index (κ3) is 4.16. The Morgan fingerprint density at radius 2 is 1.57 bits per heavy atom. The lowest BCUT2D eigenvalue weighted by molar-refractivity contribution is -0.136. The molecular formula is C23H17NO5S. The van der Waals surface area contributed by atoms with Gasteiger partial charge in [-0.15, -0.1) is 0 Å². The largest absolute Gasteiger partial charge is 0.379 e. The van der Waals surface area contributed by atoms with Crippen LogP contribution in [0.3, 0.4) is 0 Å². The molecular weight excluding hydrogens is 402 g/mol. The molecule has 1 aliphatic rings. The molecule has 0 radical (unpaired) electrons. The fourth-order valence-electron chi connectivity index (χ4n) is 2.88. The maximum atomic E-state index is 12.4. The zero-order valence-electron chi connectivity index (χ0n) is 16.0. The fraction of sp³-hybridized carbons (Fsp3) is 0.0435. The summed E-state index contributed by atoms with van der Waals surface area (Å²) in [6.07, 6.45) is 1.64. The Balaban J connectivity index is 1.55. The first-order valence-corrected chi connectivity index (χ1v) is 10.5. The molecule has 0 unspecified atom stereocenters. The lowest BCUT2D eigenvalue weighted by atomic mass is 10.0. The maximum Gasteiger partial charge on any atom is 0.368 e. The van der Waals surface area contributed by atoms with Crippen LogP contribution in [0.4, 0.5) is 0 Å². The van der Waals surface area contributed by atoms with Crippen molar-refractivity contribution in [2.75, 3.05) is 0 Å². The molecule has 150 valence electrons. The van der Waals surface area contributed by atoms with E-state index in [0.717, 1.165) is 11.1 Å². The summed E-state index contributed by atoms with van der Waals surface area (Å²) in [4.78, 5) is 17.0. The molecule has 6 nitrogen and oxygen atoms in total. The molecule has 0 spiro atoms. The number of benzene rings is 3. The number of aryl methyl sites for hydroxylation is 1. The molecule has 0 fully saturated rings. The highest BCUT2D eigenvalue weighted by atomic mass is 32.2. The van der Waals surface area contributed by atoms with E-state index in [1.54, 1.807) is 30.3 Å². The van der Waals surface area contributed by atoms with Gasteiger partial charge in [-0.2, -0.15) is 8.42 Å². The molecule has 0 aromatic heterocycles. The Labute approximate surface area is 174 Å². The van der Waals surface area contributed by atoms with E-state index < -0.39 is 16.1 Å². The quantitative estimate of drug-likeness (QED) is 0.353. The van der Waals surface area contributed by atoms with Gasteiger partial charge in [-0.25, -0.2) is 4.79 Å². The van der Waals surface area contributed by atoms with Crippen molar-refractivity contribution in [1.82, 2.24) is 0 Å². The minimum atomic E-state index is -3.93. The average Bonchev–Trinajstić information content (AvgIpc) is 3.10. The van der Waals surface area contributed by atoms with Crippen LogP contribution >= 0.6 is 0 Å². The standard InChI is InChI=1S/C23H17NO5S/c1-16-7-13-20(14-8-16)30(26,27)29-19-11-9-17(10-12-19)15-21-22(24-28-23(21)25)18-5-3-2-4-6-18/h2-15H,1H3/b21-15-. The molecule has 30 heavy (non-hydrogen) atoms. The number of oxime groups is 1. The van der Waals surface area contributed by atoms with Crippen molar-refractivity contribution in [3.05, 3.63) is 101 Å². The average molecular weight is 419 g/mol. The smallest absolute Gasteiger partial charge is 0.368 e. The predicted octanol–water partition coefficient (Wildman–Crippen LogP) is 4.11. The zero-order valence-corrected chi connectivity index (χ0v) is 16.8. The fourth-order valence-corrected chi connectivity index (χ4v) is 3.81. The Kier molecular flexibility index (Phi) is 5.20. The van der Waals surface area contributed by atoms with Crippen LogP contribution in [0.25, 0.3) is 6.08 Å². The Morgan fingerprint density at radius 1 is 0.900 bits per heavy atom. The normalized spacial score (nSPS) is 15.0. The van der Waals surface area contributed by atoms with Crippen molar-refractivity contribution >= 4 is 27.9 Å². The predicted molar refractivity (Wildman–Crippen MR) is 112 cm³/mol. The van der Waals surface area contributed by atoms with E-state index in [9.17, 15) is 13.2 Å². The van der Waals surface area contributed by atoms with Crippen molar-refractivity contribution in [3.63, 3.8) is 0 Å². The first kappa shape index (κ1) is 19.6. The summed E-state index contributed by atoms with van der Waals surface area (Å²) in [6, 6.07) is 22.0. The molecule has 3 aromatic carbocycles. The van der Waals surface area contributed by atoms with E-state index in [1.165, 1.54) is 24.3 Å². The van der Waals surface area contributed by atoms with E-state index in [4.69, 9.17) is 9.02 Å². The third-order valence-corrected chi connectivity index (χ3v) is 5.71. The summed E-state index contributed by atoms with van der Waals surface area (Å²) in [5.74, 6) is -0.375. The van der Waals surface area contributed by atoms with Gasteiger partial charge in [-0.3, -0.25) is 0 Å². The number of rotatable bonds is 5. The summed E-state index contributed by atoms with van der Waals surface area (Å²) in [5, 5.41) is 3.87. The maximum absolute atomic E-state index is 12.4. The van der Waals surface area contributed by atoms with E-state index in [0.29, 0.717) is 16.8 Å². The number of carbonyl (C=O) groups excluding carboxylic acids is 1. The first-order chi connectivity index (χ1) is 14.4. The number of hydrogen-bond donors (Lipinski definition) is 0. The first-order valence-electron chi connectivity index (χ1n) is 9.10. The molecule has 0 atom stereocenters. The van der Waals surface area contributed by atoms with Crippen LogP contribution in [0.5, 0.6) is 5.75 Å². The van der Waals surface area contributed by atoms with Gasteiger partial charge in [-0.05, 0) is 42.8 Å². The summed E-state index contributed by atoms with van der Waals surface area (Å²) < 4.78 is 30.0. The Hall–Kier alpha value is -3.71. The Morgan fingerprint density at radius 3 is 2.23 bits per heavy atom. The lowest BCUT2D eigenvalue weighted by Crippen LogP contribution is -2.09. The topological polar surface area (TPSA) is 82.0 Å². The van der Waals surface area contributed by atoms with Gasteiger partial charge < -0.3 is 9.02 Å². The summed E-state index contributed by atoms with van der Waals surface area (Å²) >= 11 is 0. The van der Waals surface area contributed by atoms with Crippen molar-refractivity contribution < 1.29 is 22.2 Å².